The lowest BCUT2D eigenvalue weighted by Crippen LogP contribution is -2.34. The molecule has 0 fully saturated rings. The summed E-state index contributed by atoms with van der Waals surface area (Å²) in [4.78, 5) is 38.5. The third-order valence-corrected chi connectivity index (χ3v) is 3.77. The Labute approximate surface area is 159 Å². The van der Waals surface area contributed by atoms with Crippen LogP contribution in [0, 0.1) is 0 Å². The summed E-state index contributed by atoms with van der Waals surface area (Å²) in [5.41, 5.74) is 0. The highest BCUT2D eigenvalue weighted by atomic mass is 16.5. The number of rotatable bonds is 12. The van der Waals surface area contributed by atoms with Crippen LogP contribution in [-0.4, -0.2) is 81.6 Å². The van der Waals surface area contributed by atoms with Gasteiger partial charge in [0.2, 0.25) is 11.9 Å². The van der Waals surface area contributed by atoms with E-state index in [1.165, 1.54) is 33.0 Å². The summed E-state index contributed by atoms with van der Waals surface area (Å²) in [6.45, 7) is 3.49. The van der Waals surface area contributed by atoms with Gasteiger partial charge in [-0.25, -0.2) is 4.98 Å². The lowest BCUT2D eigenvalue weighted by molar-refractivity contribution is -0.119. The molecule has 0 bridgehead atoms. The maximum atomic E-state index is 12.1. The minimum Gasteiger partial charge on any atom is -0.384 e. The smallest absolute Gasteiger partial charge is 0.237 e. The zero-order valence-corrected chi connectivity index (χ0v) is 16.7. The van der Waals surface area contributed by atoms with Gasteiger partial charge in [0.25, 0.3) is 0 Å². The minimum atomic E-state index is -0.683. The first-order valence-electron chi connectivity index (χ1n) is 8.39. The van der Waals surface area contributed by atoms with Gasteiger partial charge in [0.1, 0.15) is 30.1 Å². The molecule has 10 nitrogen and oxygen atoms in total. The zero-order chi connectivity index (χ0) is 20.4. The summed E-state index contributed by atoms with van der Waals surface area (Å²) in [6.07, 6.45) is 0. The van der Waals surface area contributed by atoms with Crippen molar-refractivity contribution < 1.29 is 28.5 Å². The predicted molar refractivity (Wildman–Crippen MR) is 96.7 cm³/mol. The maximum absolute atomic E-state index is 12.1. The predicted octanol–water partition coefficient (Wildman–Crippen LogP) is 0.524. The van der Waals surface area contributed by atoms with Gasteiger partial charge in [-0.3, -0.25) is 14.5 Å². The lowest BCUT2D eigenvalue weighted by atomic mass is 10.1. The van der Waals surface area contributed by atoms with Gasteiger partial charge in [0.05, 0.1) is 25.7 Å². The lowest BCUT2D eigenvalue weighted by Gasteiger charge is -2.22. The molecule has 0 radical (unpaired) electrons. The third-order valence-electron chi connectivity index (χ3n) is 3.77. The Kier molecular flexibility index (Phi) is 9.94. The van der Waals surface area contributed by atoms with Gasteiger partial charge in [-0.15, -0.1) is 0 Å². The van der Waals surface area contributed by atoms with Crippen molar-refractivity contribution in [2.24, 2.45) is 0 Å². The van der Waals surface area contributed by atoms with Crippen molar-refractivity contribution >= 4 is 17.6 Å². The number of aromatic nitrogens is 3. The molecule has 0 saturated heterocycles. The van der Waals surface area contributed by atoms with E-state index in [0.29, 0.717) is 19.0 Å². The molecule has 0 aliphatic rings. The first-order valence-corrected chi connectivity index (χ1v) is 8.39. The third kappa shape index (κ3) is 6.58. The van der Waals surface area contributed by atoms with Gasteiger partial charge < -0.3 is 18.9 Å². The van der Waals surface area contributed by atoms with E-state index in [2.05, 4.69) is 15.0 Å². The fourth-order valence-electron chi connectivity index (χ4n) is 2.41. The maximum Gasteiger partial charge on any atom is 0.237 e. The van der Waals surface area contributed by atoms with Gasteiger partial charge >= 0.3 is 0 Å². The van der Waals surface area contributed by atoms with E-state index in [0.717, 1.165) is 0 Å². The molecule has 0 spiro atoms. The SMILES string of the molecule is COCC(COC)c1nc(C(COC)C(C)=O)nc(N(COC)C(C)=O)n1. The fourth-order valence-corrected chi connectivity index (χ4v) is 2.41. The van der Waals surface area contributed by atoms with Crippen LogP contribution < -0.4 is 4.90 Å². The average Bonchev–Trinajstić information content (AvgIpc) is 2.63. The second-order valence-electron chi connectivity index (χ2n) is 5.94. The standard InChI is InChI=1S/C17H28N4O6/c1-11(22)14(9-26-5)16-18-15(13(7-24-3)8-25-4)19-17(20-16)21(10-27-6)12(2)23/h13-14H,7-10H2,1-6H3. The molecule has 1 amide bonds. The number of hydrogen-bond acceptors (Lipinski definition) is 9. The van der Waals surface area contributed by atoms with Crippen LogP contribution in [0.4, 0.5) is 5.95 Å². The van der Waals surface area contributed by atoms with Crippen molar-refractivity contribution in [3.8, 4) is 0 Å². The molecule has 1 aromatic rings. The molecule has 0 saturated carbocycles. The number of hydrogen-bond donors (Lipinski definition) is 0. The Morgan fingerprint density at radius 3 is 1.85 bits per heavy atom. The van der Waals surface area contributed by atoms with Gasteiger partial charge in [-0.05, 0) is 6.92 Å². The van der Waals surface area contributed by atoms with Crippen LogP contribution in [-0.2, 0) is 28.5 Å². The number of anilines is 1. The second-order valence-corrected chi connectivity index (χ2v) is 5.94. The first kappa shape index (κ1) is 23.0. The van der Waals surface area contributed by atoms with Crippen molar-refractivity contribution in [2.75, 3.05) is 59.9 Å². The van der Waals surface area contributed by atoms with E-state index in [1.54, 1.807) is 14.2 Å². The highest BCUT2D eigenvalue weighted by molar-refractivity contribution is 5.89. The van der Waals surface area contributed by atoms with Crippen LogP contribution in [0.3, 0.4) is 0 Å². The highest BCUT2D eigenvalue weighted by Gasteiger charge is 2.27. The molecule has 0 N–H and O–H groups in total. The van der Waals surface area contributed by atoms with Crippen LogP contribution in [0.2, 0.25) is 0 Å². The largest absolute Gasteiger partial charge is 0.384 e. The molecule has 1 atom stereocenters. The minimum absolute atomic E-state index is 0.0353. The molecule has 0 aromatic carbocycles. The van der Waals surface area contributed by atoms with E-state index >= 15 is 0 Å². The monoisotopic (exact) mass is 384 g/mol. The van der Waals surface area contributed by atoms with Gasteiger partial charge in [0, 0.05) is 35.4 Å². The Hall–Kier alpha value is -2.01. The second kappa shape index (κ2) is 11.7. The van der Waals surface area contributed by atoms with Crippen molar-refractivity contribution in [3.05, 3.63) is 11.6 Å². The highest BCUT2D eigenvalue weighted by Crippen LogP contribution is 2.21. The number of carbonyl (C=O) groups is 2. The molecular formula is C17H28N4O6. The molecule has 0 aliphatic carbocycles. The van der Waals surface area contributed by atoms with Gasteiger partial charge in [-0.2, -0.15) is 9.97 Å². The Morgan fingerprint density at radius 1 is 0.852 bits per heavy atom. The number of amides is 1. The number of Topliss-reactive ketones (excluding diaryl/α,β-unsaturated/α-hetero) is 1. The van der Waals surface area contributed by atoms with Crippen LogP contribution in [0.5, 0.6) is 0 Å². The molecule has 27 heavy (non-hydrogen) atoms. The molecule has 1 heterocycles. The summed E-state index contributed by atoms with van der Waals surface area (Å²) in [6, 6.07) is 0. The van der Waals surface area contributed by atoms with Gasteiger partial charge in [-0.1, -0.05) is 0 Å². The quantitative estimate of drug-likeness (QED) is 0.476. The number of nitrogens with zero attached hydrogens (tertiary/aromatic N) is 4. The van der Waals surface area contributed by atoms with Crippen LogP contribution in [0.15, 0.2) is 0 Å². The normalized spacial score (nSPS) is 12.3. The Bertz CT molecular complexity index is 579. The summed E-state index contributed by atoms with van der Waals surface area (Å²) in [7, 11) is 6.06. The number of ketones is 1. The van der Waals surface area contributed by atoms with E-state index in [4.69, 9.17) is 18.9 Å². The summed E-state index contributed by atoms with van der Waals surface area (Å²) < 4.78 is 20.7. The van der Waals surface area contributed by atoms with E-state index in [-0.39, 0.29) is 42.7 Å². The van der Waals surface area contributed by atoms with Crippen LogP contribution in [0.1, 0.15) is 37.3 Å². The molecule has 1 rings (SSSR count). The molecular weight excluding hydrogens is 356 g/mol. The Morgan fingerprint density at radius 2 is 1.41 bits per heavy atom. The zero-order valence-electron chi connectivity index (χ0n) is 16.7. The summed E-state index contributed by atoms with van der Waals surface area (Å²) in [5, 5.41) is 0. The van der Waals surface area contributed by atoms with Crippen molar-refractivity contribution in [1.82, 2.24) is 15.0 Å². The van der Waals surface area contributed by atoms with Crippen molar-refractivity contribution in [1.29, 1.82) is 0 Å². The number of ether oxygens (including phenoxy) is 4. The van der Waals surface area contributed by atoms with Crippen molar-refractivity contribution in [3.63, 3.8) is 0 Å². The molecule has 1 aromatic heterocycles. The van der Waals surface area contributed by atoms with E-state index in [1.807, 2.05) is 0 Å². The summed E-state index contributed by atoms with van der Waals surface area (Å²) in [5.74, 6) is -0.752. The molecule has 152 valence electrons. The average molecular weight is 384 g/mol. The number of methoxy groups -OCH3 is 4. The van der Waals surface area contributed by atoms with Crippen LogP contribution in [0.25, 0.3) is 0 Å². The molecule has 10 heteroatoms. The van der Waals surface area contributed by atoms with Gasteiger partial charge in [0.15, 0.2) is 0 Å². The fraction of sp³-hybridized carbons (Fsp3) is 0.706. The van der Waals surface area contributed by atoms with E-state index < -0.39 is 5.92 Å². The summed E-state index contributed by atoms with van der Waals surface area (Å²) >= 11 is 0. The van der Waals surface area contributed by atoms with Crippen LogP contribution >= 0.6 is 0 Å². The van der Waals surface area contributed by atoms with E-state index in [9.17, 15) is 9.59 Å². The Balaban J connectivity index is 3.52. The molecule has 1 unspecified atom stereocenters. The molecule has 0 aliphatic heterocycles. The topological polar surface area (TPSA) is 113 Å². The number of carbonyl (C=O) groups excluding carboxylic acids is 2. The van der Waals surface area contributed by atoms with Crippen molar-refractivity contribution in [2.45, 2.75) is 25.7 Å². The first-order chi connectivity index (χ1) is 12.9.